The molecular formula is C24H23N3O3S. The monoisotopic (exact) mass is 433 g/mol. The summed E-state index contributed by atoms with van der Waals surface area (Å²) in [5.41, 5.74) is 0.372. The largest absolute Gasteiger partial charge is 0.354 e. The van der Waals surface area contributed by atoms with Crippen LogP contribution >= 0.6 is 11.3 Å². The zero-order valence-corrected chi connectivity index (χ0v) is 17.7. The van der Waals surface area contributed by atoms with Gasteiger partial charge in [0.05, 0.1) is 0 Å². The zero-order valence-electron chi connectivity index (χ0n) is 16.9. The molecule has 2 heterocycles. The minimum atomic E-state index is -1.24. The van der Waals surface area contributed by atoms with Crippen molar-refractivity contribution in [2.45, 2.75) is 18.4 Å². The van der Waals surface area contributed by atoms with E-state index in [0.29, 0.717) is 24.9 Å². The summed E-state index contributed by atoms with van der Waals surface area (Å²) in [7, 11) is 0. The summed E-state index contributed by atoms with van der Waals surface area (Å²) < 4.78 is 0. The van der Waals surface area contributed by atoms with Crippen LogP contribution in [0.3, 0.4) is 0 Å². The topological polar surface area (TPSA) is 78.5 Å². The van der Waals surface area contributed by atoms with Gasteiger partial charge < -0.3 is 10.6 Å². The zero-order chi connectivity index (χ0) is 21.7. The molecule has 1 aliphatic rings. The van der Waals surface area contributed by atoms with E-state index in [-0.39, 0.29) is 12.5 Å². The smallest absolute Gasteiger partial charge is 0.325 e. The van der Waals surface area contributed by atoms with E-state index in [4.69, 9.17) is 0 Å². The lowest BCUT2D eigenvalue weighted by atomic mass is 9.83. The van der Waals surface area contributed by atoms with Crippen molar-refractivity contribution in [1.29, 1.82) is 0 Å². The lowest BCUT2D eigenvalue weighted by molar-refractivity contribution is -0.135. The highest BCUT2D eigenvalue weighted by atomic mass is 32.1. The van der Waals surface area contributed by atoms with Crippen LogP contribution in [0.25, 0.3) is 0 Å². The Balaban J connectivity index is 1.50. The molecule has 0 spiro atoms. The third-order valence-corrected chi connectivity index (χ3v) is 6.27. The lowest BCUT2D eigenvalue weighted by Crippen LogP contribution is -2.47. The second kappa shape index (κ2) is 9.14. The first-order valence-corrected chi connectivity index (χ1v) is 11.0. The van der Waals surface area contributed by atoms with Crippen molar-refractivity contribution < 1.29 is 14.4 Å². The number of thiophene rings is 1. The van der Waals surface area contributed by atoms with E-state index in [9.17, 15) is 14.4 Å². The molecular weight excluding hydrogens is 410 g/mol. The van der Waals surface area contributed by atoms with Gasteiger partial charge in [0.25, 0.3) is 5.91 Å². The van der Waals surface area contributed by atoms with Gasteiger partial charge in [-0.2, -0.15) is 0 Å². The van der Waals surface area contributed by atoms with Gasteiger partial charge in [0.1, 0.15) is 6.54 Å². The Morgan fingerprint density at radius 2 is 1.68 bits per heavy atom. The molecule has 6 nitrogen and oxygen atoms in total. The van der Waals surface area contributed by atoms with Crippen LogP contribution in [-0.2, 0) is 28.0 Å². The van der Waals surface area contributed by atoms with Crippen molar-refractivity contribution in [3.05, 3.63) is 94.2 Å². The summed E-state index contributed by atoms with van der Waals surface area (Å²) in [4.78, 5) is 40.9. The van der Waals surface area contributed by atoms with Crippen molar-refractivity contribution in [2.75, 3.05) is 13.1 Å². The molecule has 1 saturated heterocycles. The molecule has 158 valence electrons. The van der Waals surface area contributed by atoms with Gasteiger partial charge in [-0.3, -0.25) is 14.5 Å². The molecule has 1 unspecified atom stereocenters. The third kappa shape index (κ3) is 4.51. The fraction of sp³-hybridized carbons (Fsp3) is 0.208. The van der Waals surface area contributed by atoms with Gasteiger partial charge in [-0.25, -0.2) is 4.79 Å². The SMILES string of the molecule is O=C(CN1C(=O)NC(Cc2ccccc2)(c2ccccc2)C1=O)NCCc1cccs1. The first-order chi connectivity index (χ1) is 15.1. The second-order valence-electron chi connectivity index (χ2n) is 7.43. The number of hydrogen-bond acceptors (Lipinski definition) is 4. The Hall–Kier alpha value is -3.45. The van der Waals surface area contributed by atoms with Crippen molar-refractivity contribution in [1.82, 2.24) is 15.5 Å². The number of urea groups is 1. The average Bonchev–Trinajstić information content (AvgIpc) is 3.38. The summed E-state index contributed by atoms with van der Waals surface area (Å²) in [6, 6.07) is 22.1. The molecule has 1 atom stereocenters. The molecule has 1 aromatic heterocycles. The predicted octanol–water partition coefficient (Wildman–Crippen LogP) is 3.10. The minimum absolute atomic E-state index is 0.304. The van der Waals surface area contributed by atoms with E-state index < -0.39 is 17.5 Å². The maximum atomic E-state index is 13.5. The highest BCUT2D eigenvalue weighted by Crippen LogP contribution is 2.32. The molecule has 2 N–H and O–H groups in total. The minimum Gasteiger partial charge on any atom is -0.354 e. The average molecular weight is 434 g/mol. The molecule has 3 aromatic rings. The van der Waals surface area contributed by atoms with Crippen LogP contribution in [0.1, 0.15) is 16.0 Å². The fourth-order valence-electron chi connectivity index (χ4n) is 3.79. The number of carbonyl (C=O) groups excluding carboxylic acids is 3. The summed E-state index contributed by atoms with van der Waals surface area (Å²) >= 11 is 1.63. The Labute approximate surface area is 184 Å². The normalized spacial score (nSPS) is 18.1. The lowest BCUT2D eigenvalue weighted by Gasteiger charge is -2.27. The van der Waals surface area contributed by atoms with Crippen LogP contribution in [0.4, 0.5) is 4.79 Å². The highest BCUT2D eigenvalue weighted by Gasteiger charge is 2.52. The van der Waals surface area contributed by atoms with Crippen LogP contribution in [-0.4, -0.2) is 35.8 Å². The molecule has 4 amide bonds. The van der Waals surface area contributed by atoms with E-state index in [1.165, 1.54) is 4.88 Å². The van der Waals surface area contributed by atoms with Crippen LogP contribution in [0.15, 0.2) is 78.2 Å². The van der Waals surface area contributed by atoms with Crippen molar-refractivity contribution >= 4 is 29.2 Å². The van der Waals surface area contributed by atoms with Gasteiger partial charge in [0, 0.05) is 17.8 Å². The molecule has 0 radical (unpaired) electrons. The van der Waals surface area contributed by atoms with Crippen molar-refractivity contribution in [3.8, 4) is 0 Å². The maximum Gasteiger partial charge on any atom is 0.325 e. The molecule has 0 aliphatic carbocycles. The number of hydrogen-bond donors (Lipinski definition) is 2. The Kier molecular flexibility index (Phi) is 6.13. The van der Waals surface area contributed by atoms with Gasteiger partial charge in [-0.15, -0.1) is 11.3 Å². The third-order valence-electron chi connectivity index (χ3n) is 5.33. The number of amides is 4. The first kappa shape index (κ1) is 20.8. The fourth-order valence-corrected chi connectivity index (χ4v) is 4.50. The van der Waals surface area contributed by atoms with Crippen LogP contribution in [0.2, 0.25) is 0 Å². The molecule has 0 bridgehead atoms. The van der Waals surface area contributed by atoms with Crippen molar-refractivity contribution in [2.24, 2.45) is 0 Å². The first-order valence-electron chi connectivity index (χ1n) is 10.1. The maximum absolute atomic E-state index is 13.5. The number of nitrogens with zero attached hydrogens (tertiary/aromatic N) is 1. The van der Waals surface area contributed by atoms with Crippen LogP contribution in [0.5, 0.6) is 0 Å². The van der Waals surface area contributed by atoms with E-state index in [1.54, 1.807) is 11.3 Å². The van der Waals surface area contributed by atoms with Gasteiger partial charge in [0.2, 0.25) is 5.91 Å². The molecule has 2 aromatic carbocycles. The summed E-state index contributed by atoms with van der Waals surface area (Å²) in [6.07, 6.45) is 1.02. The van der Waals surface area contributed by atoms with E-state index in [2.05, 4.69) is 10.6 Å². The highest BCUT2D eigenvalue weighted by molar-refractivity contribution is 7.09. The predicted molar refractivity (Wildman–Crippen MR) is 120 cm³/mol. The number of benzene rings is 2. The van der Waals surface area contributed by atoms with Gasteiger partial charge in [0.15, 0.2) is 5.54 Å². The number of nitrogens with one attached hydrogen (secondary N) is 2. The molecule has 31 heavy (non-hydrogen) atoms. The van der Waals surface area contributed by atoms with Gasteiger partial charge >= 0.3 is 6.03 Å². The van der Waals surface area contributed by atoms with E-state index >= 15 is 0 Å². The van der Waals surface area contributed by atoms with E-state index in [1.807, 2.05) is 78.2 Å². The number of rotatable bonds is 8. The summed E-state index contributed by atoms with van der Waals surface area (Å²) in [6.45, 7) is 0.148. The second-order valence-corrected chi connectivity index (χ2v) is 8.47. The molecule has 1 fully saturated rings. The Morgan fingerprint density at radius 1 is 0.968 bits per heavy atom. The number of carbonyl (C=O) groups is 3. The standard InChI is InChI=1S/C24H23N3O3S/c28-21(25-14-13-20-12-7-15-31-20)17-27-22(29)24(26-23(27)30,19-10-5-2-6-11-19)16-18-8-3-1-4-9-18/h1-12,15H,13-14,16-17H2,(H,25,28)(H,26,30). The van der Waals surface area contributed by atoms with Gasteiger partial charge in [-0.1, -0.05) is 66.7 Å². The van der Waals surface area contributed by atoms with Gasteiger partial charge in [-0.05, 0) is 29.0 Å². The van der Waals surface area contributed by atoms with Crippen LogP contribution < -0.4 is 10.6 Å². The van der Waals surface area contributed by atoms with Crippen LogP contribution in [0, 0.1) is 0 Å². The van der Waals surface area contributed by atoms with E-state index in [0.717, 1.165) is 10.5 Å². The Morgan fingerprint density at radius 3 is 2.35 bits per heavy atom. The van der Waals surface area contributed by atoms with Crippen molar-refractivity contribution in [3.63, 3.8) is 0 Å². The Bertz CT molecular complexity index is 1050. The molecule has 7 heteroatoms. The summed E-state index contributed by atoms with van der Waals surface area (Å²) in [5.74, 6) is -0.774. The molecule has 4 rings (SSSR count). The number of imide groups is 1. The molecule has 0 saturated carbocycles. The molecule has 1 aliphatic heterocycles. The quantitative estimate of drug-likeness (QED) is 0.536. The summed E-state index contributed by atoms with van der Waals surface area (Å²) in [5, 5.41) is 7.66.